The number of carbonyl (C=O) groups is 1. The van der Waals surface area contributed by atoms with Crippen LogP contribution in [0.1, 0.15) is 47.9 Å². The van der Waals surface area contributed by atoms with Gasteiger partial charge in [0.25, 0.3) is 0 Å². The highest BCUT2D eigenvalue weighted by molar-refractivity contribution is 5.93. The van der Waals surface area contributed by atoms with Gasteiger partial charge >= 0.3 is 5.97 Å². The van der Waals surface area contributed by atoms with E-state index >= 15 is 0 Å². The summed E-state index contributed by atoms with van der Waals surface area (Å²) < 4.78 is 1.84. The van der Waals surface area contributed by atoms with Crippen LogP contribution in [0.2, 0.25) is 0 Å². The molecule has 0 unspecified atom stereocenters. The number of nitrogens with zero attached hydrogens (tertiary/aromatic N) is 2. The minimum Gasteiger partial charge on any atom is -0.476 e. The average molecular weight is 245 g/mol. The predicted octanol–water partition coefficient (Wildman–Crippen LogP) is 2.27. The molecule has 0 atom stereocenters. The highest BCUT2D eigenvalue weighted by Gasteiger charge is 2.25. The lowest BCUT2D eigenvalue weighted by Gasteiger charge is -2.07. The van der Waals surface area contributed by atoms with Crippen molar-refractivity contribution in [3.8, 4) is 0 Å². The number of anilines is 1. The summed E-state index contributed by atoms with van der Waals surface area (Å²) in [5.74, 6) is 0.209. The summed E-state index contributed by atoms with van der Waals surface area (Å²) in [5.41, 5.74) is 7.15. The standard InChI is InChI=1S/C13H15N3O2/c14-9-5-6-10-11(13(17)18)15-12(16(10)7-9)8-3-1-2-4-8/h5-8H,1-4,14H2,(H,17,18). The summed E-state index contributed by atoms with van der Waals surface area (Å²) >= 11 is 0. The van der Waals surface area contributed by atoms with Gasteiger partial charge in [-0.3, -0.25) is 0 Å². The molecule has 1 aliphatic rings. The van der Waals surface area contributed by atoms with Crippen molar-refractivity contribution in [2.45, 2.75) is 31.6 Å². The van der Waals surface area contributed by atoms with Crippen LogP contribution in [-0.4, -0.2) is 20.5 Å². The Labute approximate surface area is 104 Å². The van der Waals surface area contributed by atoms with Crippen LogP contribution in [0, 0.1) is 0 Å². The number of nitrogen functional groups attached to an aromatic ring is 1. The molecule has 2 heterocycles. The maximum atomic E-state index is 11.2. The molecule has 0 aromatic carbocycles. The molecule has 2 aromatic rings. The van der Waals surface area contributed by atoms with Gasteiger partial charge in [0.15, 0.2) is 5.69 Å². The van der Waals surface area contributed by atoms with E-state index < -0.39 is 5.97 Å². The molecule has 5 heteroatoms. The summed E-state index contributed by atoms with van der Waals surface area (Å²) in [7, 11) is 0. The summed E-state index contributed by atoms with van der Waals surface area (Å²) in [4.78, 5) is 15.5. The van der Waals surface area contributed by atoms with Crippen LogP contribution >= 0.6 is 0 Å². The van der Waals surface area contributed by atoms with Gasteiger partial charge in [0.05, 0.1) is 5.52 Å². The van der Waals surface area contributed by atoms with E-state index in [0.717, 1.165) is 18.7 Å². The number of nitrogens with two attached hydrogens (primary N) is 1. The van der Waals surface area contributed by atoms with Crippen molar-refractivity contribution in [1.29, 1.82) is 0 Å². The lowest BCUT2D eigenvalue weighted by atomic mass is 10.1. The number of hydrogen-bond acceptors (Lipinski definition) is 3. The van der Waals surface area contributed by atoms with Crippen molar-refractivity contribution in [3.05, 3.63) is 29.8 Å². The van der Waals surface area contributed by atoms with Crippen molar-refractivity contribution >= 4 is 17.2 Å². The fraction of sp³-hybridized carbons (Fsp3) is 0.385. The molecule has 94 valence electrons. The zero-order chi connectivity index (χ0) is 12.7. The molecular weight excluding hydrogens is 230 g/mol. The number of hydrogen-bond donors (Lipinski definition) is 2. The number of rotatable bonds is 2. The molecule has 1 aliphatic carbocycles. The van der Waals surface area contributed by atoms with Gasteiger partial charge in [0.1, 0.15) is 5.82 Å². The van der Waals surface area contributed by atoms with Gasteiger partial charge in [0, 0.05) is 17.8 Å². The number of aromatic carboxylic acids is 1. The van der Waals surface area contributed by atoms with Crippen LogP contribution in [0.5, 0.6) is 0 Å². The molecule has 18 heavy (non-hydrogen) atoms. The van der Waals surface area contributed by atoms with Crippen molar-refractivity contribution in [2.24, 2.45) is 0 Å². The molecule has 0 saturated heterocycles. The first-order chi connectivity index (χ1) is 8.66. The Morgan fingerprint density at radius 3 is 2.78 bits per heavy atom. The van der Waals surface area contributed by atoms with Crippen molar-refractivity contribution < 1.29 is 9.90 Å². The Balaban J connectivity index is 2.23. The number of aromatic nitrogens is 2. The van der Waals surface area contributed by atoms with Gasteiger partial charge in [-0.15, -0.1) is 0 Å². The average Bonchev–Trinajstić information content (AvgIpc) is 2.93. The summed E-state index contributed by atoms with van der Waals surface area (Å²) in [6, 6.07) is 3.44. The number of imidazole rings is 1. The molecular formula is C13H15N3O2. The molecule has 3 N–H and O–H groups in total. The minimum absolute atomic E-state index is 0.122. The minimum atomic E-state index is -0.985. The Morgan fingerprint density at radius 2 is 2.11 bits per heavy atom. The molecule has 1 fully saturated rings. The Kier molecular flexibility index (Phi) is 2.47. The Bertz CT molecular complexity index is 612. The summed E-state index contributed by atoms with van der Waals surface area (Å²) in [6.45, 7) is 0. The van der Waals surface area contributed by atoms with Crippen LogP contribution in [-0.2, 0) is 0 Å². The zero-order valence-electron chi connectivity index (χ0n) is 9.97. The third kappa shape index (κ3) is 1.63. The van der Waals surface area contributed by atoms with Crippen LogP contribution in [0.3, 0.4) is 0 Å². The van der Waals surface area contributed by atoms with E-state index in [4.69, 9.17) is 5.73 Å². The topological polar surface area (TPSA) is 80.6 Å². The van der Waals surface area contributed by atoms with E-state index in [2.05, 4.69) is 4.98 Å². The monoisotopic (exact) mass is 245 g/mol. The third-order valence-electron chi connectivity index (χ3n) is 3.61. The van der Waals surface area contributed by atoms with Gasteiger partial charge in [-0.05, 0) is 25.0 Å². The van der Waals surface area contributed by atoms with Gasteiger partial charge in [-0.1, -0.05) is 12.8 Å². The van der Waals surface area contributed by atoms with Gasteiger partial charge in [-0.25, -0.2) is 9.78 Å². The van der Waals surface area contributed by atoms with Crippen LogP contribution in [0.4, 0.5) is 5.69 Å². The smallest absolute Gasteiger partial charge is 0.356 e. The van der Waals surface area contributed by atoms with Crippen molar-refractivity contribution in [3.63, 3.8) is 0 Å². The second-order valence-corrected chi connectivity index (χ2v) is 4.82. The predicted molar refractivity (Wildman–Crippen MR) is 67.8 cm³/mol. The largest absolute Gasteiger partial charge is 0.476 e. The van der Waals surface area contributed by atoms with E-state index in [9.17, 15) is 9.90 Å². The summed E-state index contributed by atoms with van der Waals surface area (Å²) in [5, 5.41) is 9.20. The molecule has 2 aromatic heterocycles. The van der Waals surface area contributed by atoms with E-state index in [0.29, 0.717) is 17.1 Å². The van der Waals surface area contributed by atoms with Crippen molar-refractivity contribution in [1.82, 2.24) is 9.38 Å². The summed E-state index contributed by atoms with van der Waals surface area (Å²) in [6.07, 6.45) is 6.29. The van der Waals surface area contributed by atoms with Crippen molar-refractivity contribution in [2.75, 3.05) is 5.73 Å². The third-order valence-corrected chi connectivity index (χ3v) is 3.61. The molecule has 0 amide bonds. The van der Waals surface area contributed by atoms with Crippen LogP contribution in [0.15, 0.2) is 18.3 Å². The first-order valence-corrected chi connectivity index (χ1v) is 6.17. The molecule has 0 aliphatic heterocycles. The lowest BCUT2D eigenvalue weighted by Crippen LogP contribution is -2.01. The lowest BCUT2D eigenvalue weighted by molar-refractivity contribution is 0.0693. The molecule has 5 nitrogen and oxygen atoms in total. The first-order valence-electron chi connectivity index (χ1n) is 6.17. The second kappa shape index (κ2) is 4.01. The SMILES string of the molecule is Nc1ccc2c(C(=O)O)nc(C3CCCC3)n2c1. The van der Waals surface area contributed by atoms with E-state index in [1.807, 2.05) is 4.40 Å². The fourth-order valence-electron chi connectivity index (χ4n) is 2.75. The quantitative estimate of drug-likeness (QED) is 0.850. The number of fused-ring (bicyclic) bond motifs is 1. The first kappa shape index (κ1) is 11.1. The number of carboxylic acid groups (broad SMARTS) is 1. The number of pyridine rings is 1. The fourth-order valence-corrected chi connectivity index (χ4v) is 2.75. The molecule has 0 bridgehead atoms. The van der Waals surface area contributed by atoms with Gasteiger partial charge < -0.3 is 15.2 Å². The Morgan fingerprint density at radius 1 is 1.39 bits per heavy atom. The maximum Gasteiger partial charge on any atom is 0.356 e. The van der Waals surface area contributed by atoms with Gasteiger partial charge in [0.2, 0.25) is 0 Å². The van der Waals surface area contributed by atoms with Crippen LogP contribution < -0.4 is 5.73 Å². The van der Waals surface area contributed by atoms with E-state index in [1.54, 1.807) is 18.3 Å². The zero-order valence-corrected chi connectivity index (χ0v) is 9.97. The molecule has 3 rings (SSSR count). The Hall–Kier alpha value is -2.04. The molecule has 1 saturated carbocycles. The maximum absolute atomic E-state index is 11.2. The number of carboxylic acids is 1. The van der Waals surface area contributed by atoms with E-state index in [-0.39, 0.29) is 5.69 Å². The second-order valence-electron chi connectivity index (χ2n) is 4.82. The highest BCUT2D eigenvalue weighted by Crippen LogP contribution is 2.34. The molecule has 0 spiro atoms. The normalized spacial score (nSPS) is 16.4. The van der Waals surface area contributed by atoms with Crippen LogP contribution in [0.25, 0.3) is 5.52 Å². The molecule has 0 radical (unpaired) electrons. The van der Waals surface area contributed by atoms with Gasteiger partial charge in [-0.2, -0.15) is 0 Å². The van der Waals surface area contributed by atoms with E-state index in [1.165, 1.54) is 12.8 Å². The highest BCUT2D eigenvalue weighted by atomic mass is 16.4.